The van der Waals surface area contributed by atoms with E-state index in [0.29, 0.717) is 17.6 Å². The van der Waals surface area contributed by atoms with E-state index in [9.17, 15) is 14.3 Å². The molecule has 1 N–H and O–H groups in total. The Kier molecular flexibility index (Phi) is 16.4. The summed E-state index contributed by atoms with van der Waals surface area (Å²) in [5.41, 5.74) is 0. The van der Waals surface area contributed by atoms with E-state index in [0.717, 1.165) is 19.3 Å². The zero-order chi connectivity index (χ0) is 22.9. The highest BCUT2D eigenvalue weighted by Crippen LogP contribution is 2.43. The molecule has 1 unspecified atom stereocenters. The third kappa shape index (κ3) is 20.5. The van der Waals surface area contributed by atoms with Crippen molar-refractivity contribution in [3.05, 3.63) is 12.7 Å². The summed E-state index contributed by atoms with van der Waals surface area (Å²) in [7, 11) is 1.64. The number of quaternary nitrogens is 1. The van der Waals surface area contributed by atoms with Gasteiger partial charge in [0.25, 0.3) is 0 Å². The van der Waals surface area contributed by atoms with Crippen molar-refractivity contribution in [3.8, 4) is 0 Å². The number of carbonyl (C=O) groups excluding carboxylic acids is 1. The molecule has 0 rings (SSSR count). The Morgan fingerprint density at radius 1 is 1.00 bits per heavy atom. The molecule has 0 saturated carbocycles. The number of esters is 1. The predicted octanol–water partition coefficient (Wildman–Crippen LogP) is 4.08. The summed E-state index contributed by atoms with van der Waals surface area (Å²) in [6, 6.07) is 0. The maximum absolute atomic E-state index is 12.0. The molecule has 0 fully saturated rings. The summed E-state index contributed by atoms with van der Waals surface area (Å²) >= 11 is 0. The third-order valence-corrected chi connectivity index (χ3v) is 5.26. The number of rotatable bonds is 20. The molecule has 178 valence electrons. The molecule has 0 aliphatic carbocycles. The van der Waals surface area contributed by atoms with E-state index in [1.54, 1.807) is 0 Å². The summed E-state index contributed by atoms with van der Waals surface area (Å²) in [6.45, 7) is 6.04. The minimum Gasteiger partial charge on any atom is -0.458 e. The largest absolute Gasteiger partial charge is 0.472 e. The third-order valence-electron chi connectivity index (χ3n) is 4.27. The number of nitrogens with zero attached hydrogens (tertiary/aromatic N) is 1. The fourth-order valence-electron chi connectivity index (χ4n) is 2.59. The fraction of sp³-hybridized carbons (Fsp3) is 0.857. The molecule has 0 aliphatic heterocycles. The van der Waals surface area contributed by atoms with Crippen LogP contribution in [0.15, 0.2) is 12.7 Å². The van der Waals surface area contributed by atoms with Crippen LogP contribution in [0.1, 0.15) is 58.3 Å². The Morgan fingerprint density at radius 3 is 2.17 bits per heavy atom. The molecular weight excluding hydrogens is 409 g/mol. The lowest BCUT2D eigenvalue weighted by atomic mass is 10.1. The molecule has 0 heterocycles. The van der Waals surface area contributed by atoms with Crippen LogP contribution in [0, 0.1) is 0 Å². The average molecular weight is 453 g/mol. The van der Waals surface area contributed by atoms with Crippen LogP contribution in [0.5, 0.6) is 0 Å². The van der Waals surface area contributed by atoms with E-state index < -0.39 is 19.9 Å². The number of carbonyl (C=O) groups is 1. The zero-order valence-electron chi connectivity index (χ0n) is 19.3. The van der Waals surface area contributed by atoms with Gasteiger partial charge in [0.05, 0.1) is 34.4 Å². The first kappa shape index (κ1) is 29.2. The molecule has 0 aromatic carbocycles. The molecule has 9 heteroatoms. The predicted molar refractivity (Wildman–Crippen MR) is 118 cm³/mol. The van der Waals surface area contributed by atoms with Crippen molar-refractivity contribution in [1.82, 2.24) is 0 Å². The van der Waals surface area contributed by atoms with Gasteiger partial charge in [-0.1, -0.05) is 38.2 Å². The van der Waals surface area contributed by atoms with Gasteiger partial charge in [-0.25, -0.2) is 4.57 Å². The van der Waals surface area contributed by atoms with Crippen molar-refractivity contribution >= 4 is 13.8 Å². The van der Waals surface area contributed by atoms with Gasteiger partial charge in [0, 0.05) is 13.5 Å². The zero-order valence-corrected chi connectivity index (χ0v) is 20.2. The van der Waals surface area contributed by atoms with Gasteiger partial charge in [0.15, 0.2) is 0 Å². The van der Waals surface area contributed by atoms with E-state index in [1.807, 2.05) is 27.2 Å². The molecule has 0 amide bonds. The SMILES string of the molecule is C=CCCCCCCCCCOC[C@H](COP(=O)(O)OCC[N+](C)(C)C)OC(C)=O. The normalized spacial score (nSPS) is 14.8. The number of allylic oxidation sites excluding steroid dienone is 1. The summed E-state index contributed by atoms with van der Waals surface area (Å²) in [5.74, 6) is -0.498. The molecule has 30 heavy (non-hydrogen) atoms. The van der Waals surface area contributed by atoms with Gasteiger partial charge in [0.2, 0.25) is 0 Å². The van der Waals surface area contributed by atoms with Crippen molar-refractivity contribution in [3.63, 3.8) is 0 Å². The van der Waals surface area contributed by atoms with Gasteiger partial charge in [-0.05, 0) is 19.3 Å². The number of hydrogen-bond acceptors (Lipinski definition) is 6. The van der Waals surface area contributed by atoms with Gasteiger partial charge >= 0.3 is 13.8 Å². The topological polar surface area (TPSA) is 91.3 Å². The molecule has 2 atom stereocenters. The number of phosphoric ester groups is 1. The van der Waals surface area contributed by atoms with E-state index in [2.05, 4.69) is 6.58 Å². The van der Waals surface area contributed by atoms with E-state index in [4.69, 9.17) is 18.5 Å². The molecule has 0 bridgehead atoms. The maximum Gasteiger partial charge on any atom is 0.472 e. The van der Waals surface area contributed by atoms with Gasteiger partial charge in [-0.15, -0.1) is 6.58 Å². The summed E-state index contributed by atoms with van der Waals surface area (Å²) in [5, 5.41) is 0. The van der Waals surface area contributed by atoms with Crippen LogP contribution in [0.25, 0.3) is 0 Å². The molecule has 0 aromatic rings. The second-order valence-electron chi connectivity index (χ2n) is 8.47. The highest BCUT2D eigenvalue weighted by molar-refractivity contribution is 7.47. The molecule has 0 saturated heterocycles. The lowest BCUT2D eigenvalue weighted by molar-refractivity contribution is -0.870. The Bertz CT molecular complexity index is 508. The monoisotopic (exact) mass is 452 g/mol. The molecule has 0 aliphatic rings. The van der Waals surface area contributed by atoms with Gasteiger partial charge < -0.3 is 18.9 Å². The number of unbranched alkanes of at least 4 members (excludes halogenated alkanes) is 7. The van der Waals surface area contributed by atoms with Gasteiger partial charge in [0.1, 0.15) is 19.3 Å². The Hall–Kier alpha value is -0.760. The standard InChI is InChI=1S/C21H42NO7P/c1-6-7-8-9-10-11-12-13-14-16-26-18-21(29-20(2)23)19-28-30(24,25)27-17-15-22(3,4)5/h6,21H,1,7-19H2,2-5H3/p+1/t21-/m1/s1. The highest BCUT2D eigenvalue weighted by atomic mass is 31.2. The minimum absolute atomic E-state index is 0.0836. The Labute approximate surface area is 182 Å². The van der Waals surface area contributed by atoms with Crippen LogP contribution >= 0.6 is 7.82 Å². The van der Waals surface area contributed by atoms with Gasteiger partial charge in [-0.2, -0.15) is 0 Å². The van der Waals surface area contributed by atoms with Gasteiger partial charge in [-0.3, -0.25) is 13.8 Å². The van der Waals surface area contributed by atoms with Crippen molar-refractivity contribution in [2.45, 2.75) is 64.4 Å². The minimum atomic E-state index is -4.21. The van der Waals surface area contributed by atoms with Crippen LogP contribution in [0.2, 0.25) is 0 Å². The van der Waals surface area contributed by atoms with E-state index in [-0.39, 0.29) is 19.8 Å². The molecule has 0 radical (unpaired) electrons. The van der Waals surface area contributed by atoms with Crippen molar-refractivity contribution in [2.75, 3.05) is 54.1 Å². The summed E-state index contributed by atoms with van der Waals surface area (Å²) < 4.78 is 33.2. The van der Waals surface area contributed by atoms with E-state index in [1.165, 1.54) is 39.0 Å². The van der Waals surface area contributed by atoms with E-state index >= 15 is 0 Å². The van der Waals surface area contributed by atoms with Crippen LogP contribution in [0.4, 0.5) is 0 Å². The van der Waals surface area contributed by atoms with Crippen molar-refractivity contribution in [2.24, 2.45) is 0 Å². The van der Waals surface area contributed by atoms with Crippen LogP contribution in [0.3, 0.4) is 0 Å². The first-order chi connectivity index (χ1) is 14.1. The maximum atomic E-state index is 12.0. The lowest BCUT2D eigenvalue weighted by Crippen LogP contribution is -2.37. The molecule has 0 aromatic heterocycles. The number of phosphoric acid groups is 1. The van der Waals surface area contributed by atoms with Crippen molar-refractivity contribution < 1.29 is 37.3 Å². The van der Waals surface area contributed by atoms with Crippen LogP contribution in [-0.2, 0) is 27.9 Å². The number of hydrogen-bond donors (Lipinski definition) is 1. The second-order valence-corrected chi connectivity index (χ2v) is 9.92. The Balaban J connectivity index is 3.98. The summed E-state index contributed by atoms with van der Waals surface area (Å²) in [4.78, 5) is 21.0. The Morgan fingerprint density at radius 2 is 1.60 bits per heavy atom. The average Bonchev–Trinajstić information content (AvgIpc) is 2.62. The molecular formula is C21H43NO7P+. The summed E-state index contributed by atoms with van der Waals surface area (Å²) in [6.07, 6.45) is 10.4. The highest BCUT2D eigenvalue weighted by Gasteiger charge is 2.25. The quantitative estimate of drug-likeness (QED) is 0.0978. The second kappa shape index (κ2) is 16.9. The first-order valence-corrected chi connectivity index (χ1v) is 12.3. The number of likely N-dealkylation sites (N-methyl/N-ethyl adjacent to an activating group) is 1. The first-order valence-electron chi connectivity index (χ1n) is 10.8. The van der Waals surface area contributed by atoms with Crippen LogP contribution in [-0.4, -0.2) is 75.6 Å². The smallest absolute Gasteiger partial charge is 0.458 e. The molecule has 8 nitrogen and oxygen atoms in total. The lowest BCUT2D eigenvalue weighted by Gasteiger charge is -2.24. The number of ether oxygens (including phenoxy) is 2. The fourth-order valence-corrected chi connectivity index (χ4v) is 3.33. The van der Waals surface area contributed by atoms with Crippen molar-refractivity contribution in [1.29, 1.82) is 0 Å². The van der Waals surface area contributed by atoms with Crippen LogP contribution < -0.4 is 0 Å². The molecule has 0 spiro atoms.